The van der Waals surface area contributed by atoms with Crippen LogP contribution < -0.4 is 5.32 Å². The number of carbonyl (C=O) groups excluding carboxylic acids is 1. The minimum absolute atomic E-state index is 0.0729. The van der Waals surface area contributed by atoms with Crippen LogP contribution in [-0.4, -0.2) is 48.7 Å². The van der Waals surface area contributed by atoms with Crippen LogP contribution in [0.2, 0.25) is 0 Å². The van der Waals surface area contributed by atoms with E-state index >= 15 is 0 Å². The van der Waals surface area contributed by atoms with Gasteiger partial charge in [0.05, 0.1) is 18.8 Å². The van der Waals surface area contributed by atoms with Crippen molar-refractivity contribution in [2.45, 2.75) is 63.6 Å². The summed E-state index contributed by atoms with van der Waals surface area (Å²) in [6.07, 6.45) is 7.52. The van der Waals surface area contributed by atoms with Crippen LogP contribution in [0.25, 0.3) is 0 Å². The molecule has 108 valence electrons. The lowest BCUT2D eigenvalue weighted by atomic mass is 9.85. The smallest absolute Gasteiger partial charge is 0.239 e. The summed E-state index contributed by atoms with van der Waals surface area (Å²) in [5, 5.41) is 3.59. The molecule has 3 rings (SSSR count). The summed E-state index contributed by atoms with van der Waals surface area (Å²) in [4.78, 5) is 14.6. The third kappa shape index (κ3) is 2.79. The van der Waals surface area contributed by atoms with E-state index in [0.29, 0.717) is 18.6 Å². The Hall–Kier alpha value is -0.610. The van der Waals surface area contributed by atoms with Crippen LogP contribution in [-0.2, 0) is 9.53 Å². The highest BCUT2D eigenvalue weighted by molar-refractivity contribution is 5.82. The SMILES string of the molecule is CCC1CN(C(=O)C2CC3CCCCC3N2)CCO1. The Balaban J connectivity index is 1.58. The predicted octanol–water partition coefficient (Wildman–Crippen LogP) is 1.54. The molecule has 4 atom stereocenters. The molecule has 1 saturated carbocycles. The van der Waals surface area contributed by atoms with Crippen molar-refractivity contribution < 1.29 is 9.53 Å². The number of hydrogen-bond acceptors (Lipinski definition) is 3. The molecule has 3 aliphatic rings. The van der Waals surface area contributed by atoms with Gasteiger partial charge in [0.2, 0.25) is 5.91 Å². The van der Waals surface area contributed by atoms with Gasteiger partial charge in [-0.25, -0.2) is 0 Å². The maximum absolute atomic E-state index is 12.6. The molecule has 4 unspecified atom stereocenters. The summed E-state index contributed by atoms with van der Waals surface area (Å²) < 4.78 is 5.65. The highest BCUT2D eigenvalue weighted by Crippen LogP contribution is 2.33. The lowest BCUT2D eigenvalue weighted by Crippen LogP contribution is -2.51. The Morgan fingerprint density at radius 1 is 1.37 bits per heavy atom. The van der Waals surface area contributed by atoms with E-state index in [1.54, 1.807) is 0 Å². The van der Waals surface area contributed by atoms with E-state index in [1.807, 2.05) is 4.90 Å². The van der Waals surface area contributed by atoms with Crippen molar-refractivity contribution in [1.29, 1.82) is 0 Å². The number of ether oxygens (including phenoxy) is 1. The highest BCUT2D eigenvalue weighted by atomic mass is 16.5. The first-order valence-corrected chi connectivity index (χ1v) is 7.94. The molecule has 0 bridgehead atoms. The van der Waals surface area contributed by atoms with Crippen molar-refractivity contribution in [1.82, 2.24) is 10.2 Å². The highest BCUT2D eigenvalue weighted by Gasteiger charge is 2.40. The Kier molecular flexibility index (Phi) is 4.08. The maximum atomic E-state index is 12.6. The number of morpholine rings is 1. The van der Waals surface area contributed by atoms with Gasteiger partial charge in [0.15, 0.2) is 0 Å². The fraction of sp³-hybridized carbons (Fsp3) is 0.933. The van der Waals surface area contributed by atoms with Crippen LogP contribution in [0.15, 0.2) is 0 Å². The minimum atomic E-state index is 0.0729. The van der Waals surface area contributed by atoms with Gasteiger partial charge in [-0.1, -0.05) is 19.8 Å². The van der Waals surface area contributed by atoms with E-state index in [9.17, 15) is 4.79 Å². The summed E-state index contributed by atoms with van der Waals surface area (Å²) >= 11 is 0. The van der Waals surface area contributed by atoms with Crippen molar-refractivity contribution in [2.24, 2.45) is 5.92 Å². The summed E-state index contributed by atoms with van der Waals surface area (Å²) in [6.45, 7) is 4.37. The third-order valence-corrected chi connectivity index (χ3v) is 5.07. The van der Waals surface area contributed by atoms with Gasteiger partial charge >= 0.3 is 0 Å². The van der Waals surface area contributed by atoms with Crippen LogP contribution in [0.3, 0.4) is 0 Å². The topological polar surface area (TPSA) is 41.6 Å². The second-order valence-electron chi connectivity index (χ2n) is 6.29. The van der Waals surface area contributed by atoms with Crippen LogP contribution in [0, 0.1) is 5.92 Å². The lowest BCUT2D eigenvalue weighted by Gasteiger charge is -2.34. The molecule has 1 aliphatic carbocycles. The molecule has 0 spiro atoms. The van der Waals surface area contributed by atoms with Gasteiger partial charge in [-0.05, 0) is 31.6 Å². The largest absolute Gasteiger partial charge is 0.375 e. The second kappa shape index (κ2) is 5.80. The number of rotatable bonds is 2. The van der Waals surface area contributed by atoms with E-state index in [4.69, 9.17) is 4.74 Å². The summed E-state index contributed by atoms with van der Waals surface area (Å²) in [5.74, 6) is 1.06. The molecule has 0 aromatic heterocycles. The number of nitrogens with one attached hydrogen (secondary N) is 1. The van der Waals surface area contributed by atoms with Crippen molar-refractivity contribution in [3.63, 3.8) is 0 Å². The molecular formula is C15H26N2O2. The number of fused-ring (bicyclic) bond motifs is 1. The third-order valence-electron chi connectivity index (χ3n) is 5.07. The molecule has 1 amide bonds. The van der Waals surface area contributed by atoms with Crippen molar-refractivity contribution in [2.75, 3.05) is 19.7 Å². The zero-order valence-electron chi connectivity index (χ0n) is 11.9. The molecule has 2 aliphatic heterocycles. The monoisotopic (exact) mass is 266 g/mol. The fourth-order valence-electron chi connectivity index (χ4n) is 3.90. The molecule has 0 aromatic carbocycles. The molecule has 2 saturated heterocycles. The molecule has 0 radical (unpaired) electrons. The first-order chi connectivity index (χ1) is 9.28. The average molecular weight is 266 g/mol. The Morgan fingerprint density at radius 3 is 3.00 bits per heavy atom. The van der Waals surface area contributed by atoms with E-state index in [1.165, 1.54) is 25.7 Å². The van der Waals surface area contributed by atoms with Gasteiger partial charge in [0.1, 0.15) is 0 Å². The number of carbonyl (C=O) groups is 1. The molecule has 0 aromatic rings. The van der Waals surface area contributed by atoms with Gasteiger partial charge in [0, 0.05) is 19.1 Å². The first-order valence-electron chi connectivity index (χ1n) is 7.94. The number of nitrogens with zero attached hydrogens (tertiary/aromatic N) is 1. The summed E-state index contributed by atoms with van der Waals surface area (Å²) in [6, 6.07) is 0.675. The first kappa shape index (κ1) is 13.4. The minimum Gasteiger partial charge on any atom is -0.375 e. The lowest BCUT2D eigenvalue weighted by molar-refractivity contribution is -0.140. The molecule has 4 heteroatoms. The average Bonchev–Trinajstić information content (AvgIpc) is 2.90. The summed E-state index contributed by atoms with van der Waals surface area (Å²) in [7, 11) is 0. The quantitative estimate of drug-likeness (QED) is 0.824. The van der Waals surface area contributed by atoms with E-state index in [0.717, 1.165) is 31.8 Å². The molecule has 3 fully saturated rings. The molecule has 4 nitrogen and oxygen atoms in total. The van der Waals surface area contributed by atoms with Crippen LogP contribution >= 0.6 is 0 Å². The maximum Gasteiger partial charge on any atom is 0.239 e. The van der Waals surface area contributed by atoms with Gasteiger partial charge in [0.25, 0.3) is 0 Å². The van der Waals surface area contributed by atoms with Crippen molar-refractivity contribution in [3.05, 3.63) is 0 Å². The van der Waals surface area contributed by atoms with Crippen molar-refractivity contribution in [3.8, 4) is 0 Å². The van der Waals surface area contributed by atoms with Gasteiger partial charge < -0.3 is 15.0 Å². The van der Waals surface area contributed by atoms with Crippen molar-refractivity contribution >= 4 is 5.91 Å². The van der Waals surface area contributed by atoms with Gasteiger partial charge in [-0.2, -0.15) is 0 Å². The zero-order chi connectivity index (χ0) is 13.2. The normalized spacial score (nSPS) is 39.1. The molecule has 19 heavy (non-hydrogen) atoms. The van der Waals surface area contributed by atoms with Gasteiger partial charge in [-0.15, -0.1) is 0 Å². The molecule has 2 heterocycles. The Labute approximate surface area is 115 Å². The number of hydrogen-bond donors (Lipinski definition) is 1. The Bertz CT molecular complexity index is 320. The van der Waals surface area contributed by atoms with E-state index < -0.39 is 0 Å². The van der Waals surface area contributed by atoms with Crippen LogP contribution in [0.4, 0.5) is 0 Å². The molecule has 1 N–H and O–H groups in total. The van der Waals surface area contributed by atoms with E-state index in [2.05, 4.69) is 12.2 Å². The van der Waals surface area contributed by atoms with Gasteiger partial charge in [-0.3, -0.25) is 4.79 Å². The Morgan fingerprint density at radius 2 is 2.21 bits per heavy atom. The standard InChI is InChI=1S/C15H26N2O2/c1-2-12-10-17(7-8-19-12)15(18)14-9-11-5-3-4-6-13(11)16-14/h11-14,16H,2-10H2,1H3. The second-order valence-corrected chi connectivity index (χ2v) is 6.29. The zero-order valence-corrected chi connectivity index (χ0v) is 11.9. The van der Waals surface area contributed by atoms with Crippen LogP contribution in [0.1, 0.15) is 45.4 Å². The molecular weight excluding hydrogens is 240 g/mol. The van der Waals surface area contributed by atoms with E-state index in [-0.39, 0.29) is 12.1 Å². The van der Waals surface area contributed by atoms with Crippen LogP contribution in [0.5, 0.6) is 0 Å². The number of amides is 1. The predicted molar refractivity (Wildman–Crippen MR) is 73.9 cm³/mol. The fourth-order valence-corrected chi connectivity index (χ4v) is 3.90. The summed E-state index contributed by atoms with van der Waals surface area (Å²) in [5.41, 5.74) is 0.